The van der Waals surface area contributed by atoms with Gasteiger partial charge >= 0.3 is 7.12 Å². The first kappa shape index (κ1) is 14.4. The van der Waals surface area contributed by atoms with Crippen LogP contribution in [0.5, 0.6) is 0 Å². The second-order valence-electron chi connectivity index (χ2n) is 7.85. The maximum Gasteiger partial charge on any atom is 0.466 e. The van der Waals surface area contributed by atoms with Crippen molar-refractivity contribution in [2.75, 3.05) is 6.61 Å². The quantitative estimate of drug-likeness (QED) is 0.722. The van der Waals surface area contributed by atoms with Crippen LogP contribution in [0, 0.1) is 0 Å². The van der Waals surface area contributed by atoms with Gasteiger partial charge in [-0.2, -0.15) is 0 Å². The van der Waals surface area contributed by atoms with Crippen LogP contribution in [0.3, 0.4) is 0 Å². The molecule has 104 valence electrons. The summed E-state index contributed by atoms with van der Waals surface area (Å²) in [6, 6.07) is 0. The minimum absolute atomic E-state index is 0.0817. The highest BCUT2D eigenvalue weighted by molar-refractivity contribution is 6.51. The lowest BCUT2D eigenvalue weighted by Gasteiger charge is -2.32. The molecule has 0 aromatic heterocycles. The molecule has 18 heavy (non-hydrogen) atoms. The van der Waals surface area contributed by atoms with Crippen molar-refractivity contribution in [2.24, 2.45) is 0 Å². The average molecular weight is 254 g/mol. The van der Waals surface area contributed by atoms with E-state index in [1.807, 2.05) is 0 Å². The lowest BCUT2D eigenvalue weighted by atomic mass is 9.68. The highest BCUT2D eigenvalue weighted by atomic mass is 16.7. The van der Waals surface area contributed by atoms with Gasteiger partial charge in [0.25, 0.3) is 0 Å². The fraction of sp³-hybridized carbons (Fsp3) is 1.00. The summed E-state index contributed by atoms with van der Waals surface area (Å²) < 4.78 is 18.3. The predicted octanol–water partition coefficient (Wildman–Crippen LogP) is 3.43. The van der Waals surface area contributed by atoms with E-state index >= 15 is 0 Å². The summed E-state index contributed by atoms with van der Waals surface area (Å²) in [6.07, 6.45) is 2.28. The smallest absolute Gasteiger partial charge is 0.403 e. The van der Waals surface area contributed by atoms with Crippen LogP contribution >= 0.6 is 0 Å². The summed E-state index contributed by atoms with van der Waals surface area (Å²) in [5.74, 6) is 0. The van der Waals surface area contributed by atoms with Crippen LogP contribution in [0.4, 0.5) is 0 Å². The Hall–Kier alpha value is -0.0551. The van der Waals surface area contributed by atoms with Crippen LogP contribution in [0.25, 0.3) is 0 Å². The molecule has 0 atom stereocenters. The Morgan fingerprint density at radius 2 is 1.44 bits per heavy atom. The summed E-state index contributed by atoms with van der Waals surface area (Å²) >= 11 is 0. The molecule has 0 aromatic carbocycles. The second kappa shape index (κ2) is 3.97. The highest BCUT2D eigenvalue weighted by Crippen LogP contribution is 2.60. The molecule has 0 spiro atoms. The zero-order valence-corrected chi connectivity index (χ0v) is 12.9. The van der Waals surface area contributed by atoms with Crippen molar-refractivity contribution in [3.05, 3.63) is 0 Å². The summed E-state index contributed by atoms with van der Waals surface area (Å²) in [5, 5.41) is 0.0817. The Morgan fingerprint density at radius 3 is 1.78 bits per heavy atom. The molecule has 0 unspecified atom stereocenters. The van der Waals surface area contributed by atoms with Crippen molar-refractivity contribution in [3.8, 4) is 0 Å². The van der Waals surface area contributed by atoms with Crippen molar-refractivity contribution < 1.29 is 14.0 Å². The van der Waals surface area contributed by atoms with Crippen LogP contribution in [-0.4, -0.2) is 30.5 Å². The molecule has 1 aliphatic carbocycles. The van der Waals surface area contributed by atoms with E-state index in [0.29, 0.717) is 0 Å². The molecule has 2 fully saturated rings. The minimum atomic E-state index is -0.241. The summed E-state index contributed by atoms with van der Waals surface area (Å²) in [4.78, 5) is 0. The Kier molecular flexibility index (Phi) is 3.17. The van der Waals surface area contributed by atoms with E-state index < -0.39 is 0 Å². The van der Waals surface area contributed by atoms with Gasteiger partial charge in [-0.05, 0) is 61.3 Å². The molecule has 3 nitrogen and oxygen atoms in total. The van der Waals surface area contributed by atoms with E-state index in [-0.39, 0.29) is 29.2 Å². The van der Waals surface area contributed by atoms with Crippen molar-refractivity contribution in [3.63, 3.8) is 0 Å². The van der Waals surface area contributed by atoms with Gasteiger partial charge in [-0.3, -0.25) is 0 Å². The zero-order valence-electron chi connectivity index (χ0n) is 12.9. The molecule has 0 aromatic rings. The Balaban J connectivity index is 2.01. The second-order valence-corrected chi connectivity index (χ2v) is 7.85. The maximum atomic E-state index is 6.15. The Bertz CT molecular complexity index is 310. The van der Waals surface area contributed by atoms with Gasteiger partial charge < -0.3 is 14.0 Å². The molecular weight excluding hydrogens is 227 g/mol. The lowest BCUT2D eigenvalue weighted by Crippen LogP contribution is -2.41. The standard InChI is InChI=1S/C14H27BO3/c1-11(2,3)16-10-14(8-9-14)15-17-12(4,5)13(6,7)18-15/h8-10H2,1-7H3. The van der Waals surface area contributed by atoms with Gasteiger partial charge in [0.1, 0.15) is 0 Å². The third-order valence-corrected chi connectivity index (χ3v) is 4.44. The molecule has 2 rings (SSSR count). The van der Waals surface area contributed by atoms with Crippen LogP contribution < -0.4 is 0 Å². The number of hydrogen-bond acceptors (Lipinski definition) is 3. The molecule has 0 N–H and O–H groups in total. The van der Waals surface area contributed by atoms with E-state index in [1.165, 1.54) is 0 Å². The van der Waals surface area contributed by atoms with Crippen molar-refractivity contribution in [2.45, 2.75) is 83.4 Å². The molecule has 2 aliphatic rings. The van der Waals surface area contributed by atoms with E-state index in [4.69, 9.17) is 14.0 Å². The molecule has 1 saturated carbocycles. The van der Waals surface area contributed by atoms with E-state index in [2.05, 4.69) is 48.5 Å². The van der Waals surface area contributed by atoms with Gasteiger partial charge in [0.2, 0.25) is 0 Å². The molecule has 1 saturated heterocycles. The Labute approximate surface area is 112 Å². The van der Waals surface area contributed by atoms with E-state index in [9.17, 15) is 0 Å². The average Bonchev–Trinajstić information content (AvgIpc) is 2.88. The first-order chi connectivity index (χ1) is 7.98. The molecule has 0 radical (unpaired) electrons. The van der Waals surface area contributed by atoms with Crippen molar-refractivity contribution in [1.82, 2.24) is 0 Å². The van der Waals surface area contributed by atoms with Crippen molar-refractivity contribution in [1.29, 1.82) is 0 Å². The van der Waals surface area contributed by atoms with Gasteiger partial charge in [-0.1, -0.05) is 0 Å². The molecular formula is C14H27BO3. The third-order valence-electron chi connectivity index (χ3n) is 4.44. The predicted molar refractivity (Wildman–Crippen MR) is 73.7 cm³/mol. The molecule has 0 bridgehead atoms. The third kappa shape index (κ3) is 2.61. The van der Waals surface area contributed by atoms with Gasteiger partial charge in [-0.25, -0.2) is 0 Å². The fourth-order valence-corrected chi connectivity index (χ4v) is 2.06. The van der Waals surface area contributed by atoms with E-state index in [1.54, 1.807) is 0 Å². The summed E-state index contributed by atoms with van der Waals surface area (Å²) in [7, 11) is -0.121. The van der Waals surface area contributed by atoms with Crippen LogP contribution in [0.15, 0.2) is 0 Å². The summed E-state index contributed by atoms with van der Waals surface area (Å²) in [5.41, 5.74) is -0.580. The number of ether oxygens (including phenoxy) is 1. The van der Waals surface area contributed by atoms with E-state index in [0.717, 1.165) is 19.4 Å². The Morgan fingerprint density at radius 1 is 1.00 bits per heavy atom. The fourth-order valence-electron chi connectivity index (χ4n) is 2.06. The first-order valence-electron chi connectivity index (χ1n) is 6.97. The van der Waals surface area contributed by atoms with Crippen LogP contribution in [0.1, 0.15) is 61.3 Å². The number of rotatable bonds is 3. The lowest BCUT2D eigenvalue weighted by molar-refractivity contribution is -0.0106. The minimum Gasteiger partial charge on any atom is -0.403 e. The zero-order chi connectivity index (χ0) is 13.8. The molecule has 1 heterocycles. The van der Waals surface area contributed by atoms with Gasteiger partial charge in [0.05, 0.1) is 23.4 Å². The van der Waals surface area contributed by atoms with Gasteiger partial charge in [0.15, 0.2) is 0 Å². The van der Waals surface area contributed by atoms with Gasteiger partial charge in [0, 0.05) is 5.31 Å². The molecule has 1 aliphatic heterocycles. The highest BCUT2D eigenvalue weighted by Gasteiger charge is 2.64. The largest absolute Gasteiger partial charge is 0.466 e. The summed E-state index contributed by atoms with van der Waals surface area (Å²) in [6.45, 7) is 15.4. The van der Waals surface area contributed by atoms with Crippen molar-refractivity contribution >= 4 is 7.12 Å². The molecule has 4 heteroatoms. The maximum absolute atomic E-state index is 6.15. The monoisotopic (exact) mass is 254 g/mol. The first-order valence-corrected chi connectivity index (χ1v) is 6.97. The SMILES string of the molecule is CC(C)(C)OCC1(B2OC(C)(C)C(C)(C)O2)CC1. The normalized spacial score (nSPS) is 28.5. The van der Waals surface area contributed by atoms with Gasteiger partial charge in [-0.15, -0.1) is 0 Å². The van der Waals surface area contributed by atoms with Crippen LogP contribution in [0.2, 0.25) is 5.31 Å². The molecule has 0 amide bonds. The van der Waals surface area contributed by atoms with Crippen LogP contribution in [-0.2, 0) is 14.0 Å². The topological polar surface area (TPSA) is 27.7 Å². The number of hydrogen-bond donors (Lipinski definition) is 0.